The highest BCUT2D eigenvalue weighted by molar-refractivity contribution is 7.09. The summed E-state index contributed by atoms with van der Waals surface area (Å²) in [4.78, 5) is 4.01. The van der Waals surface area contributed by atoms with E-state index in [1.807, 2.05) is 11.3 Å². The molecule has 2 rings (SSSR count). The van der Waals surface area contributed by atoms with Crippen molar-refractivity contribution in [3.05, 3.63) is 22.4 Å². The van der Waals surface area contributed by atoms with Crippen LogP contribution < -0.4 is 5.73 Å². The van der Waals surface area contributed by atoms with Crippen LogP contribution in [0.25, 0.3) is 0 Å². The van der Waals surface area contributed by atoms with Gasteiger partial charge in [-0.25, -0.2) is 0 Å². The Bertz CT molecular complexity index is 310. The molecule has 3 unspecified atom stereocenters. The molecule has 0 radical (unpaired) electrons. The van der Waals surface area contributed by atoms with Gasteiger partial charge < -0.3 is 10.6 Å². The lowest BCUT2D eigenvalue weighted by atomic mass is 10.1. The maximum absolute atomic E-state index is 5.97. The Kier molecular flexibility index (Phi) is 4.00. The first kappa shape index (κ1) is 12.1. The smallest absolute Gasteiger partial charge is 0.0115 e. The predicted octanol–water partition coefficient (Wildman–Crippen LogP) is 2.49. The molecule has 0 saturated heterocycles. The number of rotatable bonds is 4. The van der Waals surface area contributed by atoms with Crippen molar-refractivity contribution >= 4 is 11.3 Å². The largest absolute Gasteiger partial charge is 0.328 e. The summed E-state index contributed by atoms with van der Waals surface area (Å²) in [6.45, 7) is 2.32. The molecule has 2 nitrogen and oxygen atoms in total. The topological polar surface area (TPSA) is 29.3 Å². The van der Waals surface area contributed by atoms with Gasteiger partial charge in [0.15, 0.2) is 0 Å². The summed E-state index contributed by atoms with van der Waals surface area (Å²) in [7, 11) is 2.25. The van der Waals surface area contributed by atoms with Crippen molar-refractivity contribution in [2.45, 2.75) is 50.7 Å². The summed E-state index contributed by atoms with van der Waals surface area (Å²) in [5, 5.41) is 2.16. The summed E-state index contributed by atoms with van der Waals surface area (Å²) >= 11 is 1.86. The van der Waals surface area contributed by atoms with Crippen molar-refractivity contribution in [3.8, 4) is 0 Å². The Balaban J connectivity index is 1.86. The van der Waals surface area contributed by atoms with Crippen molar-refractivity contribution in [1.29, 1.82) is 0 Å². The van der Waals surface area contributed by atoms with Crippen LogP contribution >= 0.6 is 11.3 Å². The quantitative estimate of drug-likeness (QED) is 0.873. The third-order valence-electron chi connectivity index (χ3n) is 3.79. The molecule has 3 atom stereocenters. The van der Waals surface area contributed by atoms with E-state index in [-0.39, 0.29) is 0 Å². The van der Waals surface area contributed by atoms with Crippen LogP contribution in [0.3, 0.4) is 0 Å². The molecule has 0 aromatic carbocycles. The number of hydrogen-bond acceptors (Lipinski definition) is 3. The van der Waals surface area contributed by atoms with Gasteiger partial charge in [-0.3, -0.25) is 0 Å². The molecule has 1 aliphatic rings. The van der Waals surface area contributed by atoms with Gasteiger partial charge in [0.25, 0.3) is 0 Å². The fourth-order valence-electron chi connectivity index (χ4n) is 2.59. The minimum Gasteiger partial charge on any atom is -0.328 e. The number of nitrogens with two attached hydrogens (primary N) is 1. The van der Waals surface area contributed by atoms with E-state index >= 15 is 0 Å². The lowest BCUT2D eigenvalue weighted by Gasteiger charge is -2.30. The van der Waals surface area contributed by atoms with Gasteiger partial charge in [0, 0.05) is 23.0 Å². The minimum absolute atomic E-state index is 0.432. The van der Waals surface area contributed by atoms with Crippen LogP contribution in [0.2, 0.25) is 0 Å². The Labute approximate surface area is 102 Å². The molecule has 0 aliphatic heterocycles. The van der Waals surface area contributed by atoms with Crippen molar-refractivity contribution in [1.82, 2.24) is 4.90 Å². The Morgan fingerprint density at radius 3 is 2.94 bits per heavy atom. The zero-order valence-electron chi connectivity index (χ0n) is 10.2. The van der Waals surface area contributed by atoms with Gasteiger partial charge >= 0.3 is 0 Å². The maximum Gasteiger partial charge on any atom is 0.0115 e. The number of hydrogen-bond donors (Lipinski definition) is 1. The predicted molar refractivity (Wildman–Crippen MR) is 70.9 cm³/mol. The van der Waals surface area contributed by atoms with E-state index in [4.69, 9.17) is 5.73 Å². The van der Waals surface area contributed by atoms with Crippen molar-refractivity contribution in [2.24, 2.45) is 5.73 Å². The van der Waals surface area contributed by atoms with E-state index in [0.717, 1.165) is 0 Å². The minimum atomic E-state index is 0.432. The van der Waals surface area contributed by atoms with E-state index in [0.29, 0.717) is 18.1 Å². The molecule has 0 bridgehead atoms. The lowest BCUT2D eigenvalue weighted by Crippen LogP contribution is -2.39. The van der Waals surface area contributed by atoms with E-state index < -0.39 is 0 Å². The average Bonchev–Trinajstić information content (AvgIpc) is 2.88. The normalized spacial score (nSPS) is 27.5. The first-order chi connectivity index (χ1) is 7.66. The average molecular weight is 238 g/mol. The highest BCUT2D eigenvalue weighted by atomic mass is 32.1. The van der Waals surface area contributed by atoms with E-state index in [2.05, 4.69) is 36.4 Å². The molecule has 0 spiro atoms. The van der Waals surface area contributed by atoms with E-state index in [1.165, 1.54) is 30.6 Å². The summed E-state index contributed by atoms with van der Waals surface area (Å²) < 4.78 is 0. The second-order valence-corrected chi connectivity index (χ2v) is 6.06. The molecule has 2 N–H and O–H groups in total. The van der Waals surface area contributed by atoms with Crippen molar-refractivity contribution in [2.75, 3.05) is 7.05 Å². The number of likely N-dealkylation sites (N-methyl/N-ethyl adjacent to an activating group) is 1. The molecule has 1 fully saturated rings. The molecule has 0 amide bonds. The molecule has 1 aliphatic carbocycles. The molecule has 1 aromatic rings. The van der Waals surface area contributed by atoms with Crippen LogP contribution in [-0.4, -0.2) is 30.1 Å². The molecular weight excluding hydrogens is 216 g/mol. The molecule has 1 heterocycles. The first-order valence-electron chi connectivity index (χ1n) is 6.16. The summed E-state index contributed by atoms with van der Waals surface area (Å²) in [5.74, 6) is 0. The van der Waals surface area contributed by atoms with Gasteiger partial charge in [-0.15, -0.1) is 11.3 Å². The summed E-state index contributed by atoms with van der Waals surface area (Å²) in [6, 6.07) is 6.12. The molecular formula is C13H22N2S. The Hall–Kier alpha value is -0.380. The summed E-state index contributed by atoms with van der Waals surface area (Å²) in [6.07, 6.45) is 4.80. The third-order valence-corrected chi connectivity index (χ3v) is 4.69. The second-order valence-electron chi connectivity index (χ2n) is 5.02. The molecule has 90 valence electrons. The number of thiophene rings is 1. The molecule has 1 saturated carbocycles. The summed E-state index contributed by atoms with van der Waals surface area (Å²) in [5.41, 5.74) is 5.97. The SMILES string of the molecule is CC(Cc1cccs1)N(C)C1CCC(N)C1. The highest BCUT2D eigenvalue weighted by Gasteiger charge is 2.27. The number of nitrogens with zero attached hydrogens (tertiary/aromatic N) is 1. The zero-order valence-corrected chi connectivity index (χ0v) is 11.0. The van der Waals surface area contributed by atoms with Gasteiger partial charge in [-0.1, -0.05) is 6.07 Å². The van der Waals surface area contributed by atoms with Gasteiger partial charge in [0.2, 0.25) is 0 Å². The lowest BCUT2D eigenvalue weighted by molar-refractivity contribution is 0.184. The van der Waals surface area contributed by atoms with Crippen LogP contribution in [0.4, 0.5) is 0 Å². The van der Waals surface area contributed by atoms with E-state index in [9.17, 15) is 0 Å². The van der Waals surface area contributed by atoms with Gasteiger partial charge in [0.05, 0.1) is 0 Å². The van der Waals surface area contributed by atoms with Crippen LogP contribution in [0, 0.1) is 0 Å². The fourth-order valence-corrected chi connectivity index (χ4v) is 3.41. The van der Waals surface area contributed by atoms with Gasteiger partial charge in [0.1, 0.15) is 0 Å². The second kappa shape index (κ2) is 5.30. The van der Waals surface area contributed by atoms with Crippen LogP contribution in [0.5, 0.6) is 0 Å². The highest BCUT2D eigenvalue weighted by Crippen LogP contribution is 2.24. The van der Waals surface area contributed by atoms with Crippen LogP contribution in [0.15, 0.2) is 17.5 Å². The zero-order chi connectivity index (χ0) is 11.5. The Morgan fingerprint density at radius 1 is 1.56 bits per heavy atom. The molecule has 1 aromatic heterocycles. The van der Waals surface area contributed by atoms with E-state index in [1.54, 1.807) is 0 Å². The first-order valence-corrected chi connectivity index (χ1v) is 7.04. The Morgan fingerprint density at radius 2 is 2.38 bits per heavy atom. The molecule has 16 heavy (non-hydrogen) atoms. The van der Waals surface area contributed by atoms with Crippen molar-refractivity contribution in [3.63, 3.8) is 0 Å². The van der Waals surface area contributed by atoms with Crippen LogP contribution in [-0.2, 0) is 6.42 Å². The van der Waals surface area contributed by atoms with Gasteiger partial charge in [-0.05, 0) is 51.1 Å². The van der Waals surface area contributed by atoms with Crippen LogP contribution in [0.1, 0.15) is 31.1 Å². The fraction of sp³-hybridized carbons (Fsp3) is 0.692. The standard InChI is InChI=1S/C13H22N2S/c1-10(8-13-4-3-7-16-13)15(2)12-6-5-11(14)9-12/h3-4,7,10-12H,5-6,8-9,14H2,1-2H3. The molecule has 3 heteroatoms. The third kappa shape index (κ3) is 2.84. The van der Waals surface area contributed by atoms with Gasteiger partial charge in [-0.2, -0.15) is 0 Å². The van der Waals surface area contributed by atoms with Crippen molar-refractivity contribution < 1.29 is 0 Å². The monoisotopic (exact) mass is 238 g/mol. The maximum atomic E-state index is 5.97.